The standard InChI is InChI=1S/C10H16O/c1-2-8-3-5-9(6-4-8)10-7-11-10/h2,8-10H,1,3-7H2. The third kappa shape index (κ3) is 1.64. The van der Waals surface area contributed by atoms with Crippen molar-refractivity contribution in [3.05, 3.63) is 12.7 Å². The Morgan fingerprint density at radius 1 is 1.18 bits per heavy atom. The van der Waals surface area contributed by atoms with Gasteiger partial charge in [-0.15, -0.1) is 6.58 Å². The molecule has 2 aliphatic rings. The molecule has 0 spiro atoms. The molecule has 1 nitrogen and oxygen atoms in total. The van der Waals surface area contributed by atoms with E-state index in [-0.39, 0.29) is 0 Å². The van der Waals surface area contributed by atoms with Crippen molar-refractivity contribution in [3.63, 3.8) is 0 Å². The molecule has 0 aromatic heterocycles. The maximum absolute atomic E-state index is 5.29. The molecule has 1 saturated heterocycles. The second-order valence-corrected chi connectivity index (χ2v) is 3.78. The molecule has 1 atom stereocenters. The minimum atomic E-state index is 0.640. The van der Waals surface area contributed by atoms with Crippen LogP contribution in [0.1, 0.15) is 25.7 Å². The van der Waals surface area contributed by atoms with Gasteiger partial charge in [0.15, 0.2) is 0 Å². The summed E-state index contributed by atoms with van der Waals surface area (Å²) in [6.07, 6.45) is 8.16. The second-order valence-electron chi connectivity index (χ2n) is 3.78. The van der Waals surface area contributed by atoms with E-state index in [1.807, 2.05) is 0 Å². The molecule has 1 saturated carbocycles. The summed E-state index contributed by atoms with van der Waals surface area (Å²) in [7, 11) is 0. The summed E-state index contributed by atoms with van der Waals surface area (Å²) in [4.78, 5) is 0. The van der Waals surface area contributed by atoms with Crippen LogP contribution in [0.3, 0.4) is 0 Å². The number of hydrogen-bond donors (Lipinski definition) is 0. The SMILES string of the molecule is C=CC1CCC(C2CO2)CC1. The highest BCUT2D eigenvalue weighted by atomic mass is 16.6. The monoisotopic (exact) mass is 152 g/mol. The van der Waals surface area contributed by atoms with Crippen LogP contribution >= 0.6 is 0 Å². The van der Waals surface area contributed by atoms with Gasteiger partial charge in [0.1, 0.15) is 0 Å². The van der Waals surface area contributed by atoms with Crippen LogP contribution in [0.4, 0.5) is 0 Å². The van der Waals surface area contributed by atoms with E-state index < -0.39 is 0 Å². The van der Waals surface area contributed by atoms with Crippen LogP contribution in [0.2, 0.25) is 0 Å². The van der Waals surface area contributed by atoms with Crippen LogP contribution in [0.25, 0.3) is 0 Å². The highest BCUT2D eigenvalue weighted by molar-refractivity contribution is 4.88. The smallest absolute Gasteiger partial charge is 0.0838 e. The van der Waals surface area contributed by atoms with Gasteiger partial charge in [-0.05, 0) is 37.5 Å². The molecule has 0 aromatic carbocycles. The van der Waals surface area contributed by atoms with Crippen LogP contribution in [0.15, 0.2) is 12.7 Å². The van der Waals surface area contributed by atoms with Crippen molar-refractivity contribution in [1.29, 1.82) is 0 Å². The Balaban J connectivity index is 1.79. The molecule has 2 rings (SSSR count). The Morgan fingerprint density at radius 3 is 2.27 bits per heavy atom. The maximum atomic E-state index is 5.29. The third-order valence-electron chi connectivity index (χ3n) is 3.03. The van der Waals surface area contributed by atoms with E-state index in [1.165, 1.54) is 25.7 Å². The van der Waals surface area contributed by atoms with Gasteiger partial charge in [0, 0.05) is 0 Å². The largest absolute Gasteiger partial charge is 0.373 e. The maximum Gasteiger partial charge on any atom is 0.0838 e. The van der Waals surface area contributed by atoms with Crippen molar-refractivity contribution in [2.45, 2.75) is 31.8 Å². The van der Waals surface area contributed by atoms with Crippen molar-refractivity contribution in [2.24, 2.45) is 11.8 Å². The van der Waals surface area contributed by atoms with Crippen molar-refractivity contribution < 1.29 is 4.74 Å². The van der Waals surface area contributed by atoms with Crippen LogP contribution in [-0.2, 0) is 4.74 Å². The summed E-state index contributed by atoms with van der Waals surface area (Å²) in [5.74, 6) is 1.68. The Bertz CT molecular complexity index is 141. The molecule has 2 fully saturated rings. The van der Waals surface area contributed by atoms with Gasteiger partial charge >= 0.3 is 0 Å². The molecule has 1 unspecified atom stereocenters. The van der Waals surface area contributed by atoms with Crippen LogP contribution in [0.5, 0.6) is 0 Å². The Morgan fingerprint density at radius 2 is 1.82 bits per heavy atom. The van der Waals surface area contributed by atoms with Gasteiger partial charge in [-0.3, -0.25) is 0 Å². The van der Waals surface area contributed by atoms with E-state index >= 15 is 0 Å². The predicted molar refractivity (Wildman–Crippen MR) is 45.4 cm³/mol. The Labute approximate surface area is 68.4 Å². The first kappa shape index (κ1) is 7.35. The summed E-state index contributed by atoms with van der Waals surface area (Å²) in [6.45, 7) is 4.87. The van der Waals surface area contributed by atoms with Crippen LogP contribution < -0.4 is 0 Å². The second kappa shape index (κ2) is 2.98. The van der Waals surface area contributed by atoms with E-state index in [4.69, 9.17) is 4.74 Å². The van der Waals surface area contributed by atoms with Gasteiger partial charge < -0.3 is 4.74 Å². The fourth-order valence-electron chi connectivity index (χ4n) is 2.08. The first-order chi connectivity index (χ1) is 5.40. The summed E-state index contributed by atoms with van der Waals surface area (Å²) in [5, 5.41) is 0. The molecule has 0 amide bonds. The fraction of sp³-hybridized carbons (Fsp3) is 0.800. The number of allylic oxidation sites excluding steroid dienone is 1. The minimum Gasteiger partial charge on any atom is -0.373 e. The van der Waals surface area contributed by atoms with Crippen molar-refractivity contribution >= 4 is 0 Å². The molecule has 0 N–H and O–H groups in total. The highest BCUT2D eigenvalue weighted by Gasteiger charge is 2.34. The molecule has 1 aliphatic heterocycles. The molecule has 0 aromatic rings. The lowest BCUT2D eigenvalue weighted by atomic mass is 9.81. The topological polar surface area (TPSA) is 12.5 Å². The lowest BCUT2D eigenvalue weighted by Crippen LogP contribution is -2.17. The number of hydrogen-bond acceptors (Lipinski definition) is 1. The van der Waals surface area contributed by atoms with E-state index in [0.717, 1.165) is 18.4 Å². The van der Waals surface area contributed by atoms with Gasteiger partial charge in [0.05, 0.1) is 12.7 Å². The molecule has 1 heterocycles. The van der Waals surface area contributed by atoms with Crippen molar-refractivity contribution in [3.8, 4) is 0 Å². The summed E-state index contributed by atoms with van der Waals surface area (Å²) in [5.41, 5.74) is 0. The molecular formula is C10H16O. The zero-order valence-corrected chi connectivity index (χ0v) is 6.96. The van der Waals surface area contributed by atoms with Gasteiger partial charge in [0.25, 0.3) is 0 Å². The summed E-state index contributed by atoms with van der Waals surface area (Å²) in [6, 6.07) is 0. The molecule has 0 radical (unpaired) electrons. The highest BCUT2D eigenvalue weighted by Crippen LogP contribution is 2.36. The summed E-state index contributed by atoms with van der Waals surface area (Å²) >= 11 is 0. The number of epoxide rings is 1. The van der Waals surface area contributed by atoms with Crippen molar-refractivity contribution in [1.82, 2.24) is 0 Å². The van der Waals surface area contributed by atoms with E-state index in [9.17, 15) is 0 Å². The number of rotatable bonds is 2. The van der Waals surface area contributed by atoms with E-state index in [1.54, 1.807) is 0 Å². The molecule has 62 valence electrons. The van der Waals surface area contributed by atoms with E-state index in [0.29, 0.717) is 6.10 Å². The first-order valence-electron chi connectivity index (χ1n) is 4.64. The van der Waals surface area contributed by atoms with Gasteiger partial charge in [0.2, 0.25) is 0 Å². The normalized spacial score (nSPS) is 43.5. The Kier molecular flexibility index (Phi) is 1.99. The number of ether oxygens (including phenoxy) is 1. The van der Waals surface area contributed by atoms with Crippen LogP contribution in [0, 0.1) is 11.8 Å². The molecular weight excluding hydrogens is 136 g/mol. The van der Waals surface area contributed by atoms with Gasteiger partial charge in [-0.25, -0.2) is 0 Å². The van der Waals surface area contributed by atoms with Gasteiger partial charge in [-0.1, -0.05) is 6.08 Å². The molecule has 0 bridgehead atoms. The van der Waals surface area contributed by atoms with Crippen molar-refractivity contribution in [2.75, 3.05) is 6.61 Å². The third-order valence-corrected chi connectivity index (χ3v) is 3.03. The lowest BCUT2D eigenvalue weighted by molar-refractivity contribution is 0.243. The summed E-state index contributed by atoms with van der Waals surface area (Å²) < 4.78 is 5.29. The Hall–Kier alpha value is -0.300. The minimum absolute atomic E-state index is 0.640. The lowest BCUT2D eigenvalue weighted by Gasteiger charge is -2.24. The average molecular weight is 152 g/mol. The van der Waals surface area contributed by atoms with Crippen LogP contribution in [-0.4, -0.2) is 12.7 Å². The van der Waals surface area contributed by atoms with Gasteiger partial charge in [-0.2, -0.15) is 0 Å². The average Bonchev–Trinajstić information content (AvgIpc) is 2.87. The van der Waals surface area contributed by atoms with E-state index in [2.05, 4.69) is 12.7 Å². The molecule has 1 heteroatoms. The zero-order chi connectivity index (χ0) is 7.68. The zero-order valence-electron chi connectivity index (χ0n) is 6.96. The molecule has 11 heavy (non-hydrogen) atoms. The fourth-order valence-corrected chi connectivity index (χ4v) is 2.08. The quantitative estimate of drug-likeness (QED) is 0.437. The predicted octanol–water partition coefficient (Wildman–Crippen LogP) is 2.38. The first-order valence-corrected chi connectivity index (χ1v) is 4.64. The molecule has 1 aliphatic carbocycles.